The molecule has 0 spiro atoms. The van der Waals surface area contributed by atoms with Gasteiger partial charge in [-0.25, -0.2) is 8.78 Å². The van der Waals surface area contributed by atoms with Gasteiger partial charge in [-0.1, -0.05) is 17.8 Å². The topological polar surface area (TPSA) is 73.0 Å². The molecule has 0 radical (unpaired) electrons. The van der Waals surface area contributed by atoms with E-state index in [9.17, 15) is 13.6 Å². The number of amides is 1. The quantitative estimate of drug-likeness (QED) is 0.401. The molecule has 0 aliphatic heterocycles. The summed E-state index contributed by atoms with van der Waals surface area (Å²) in [4.78, 5) is 13.4. The molecule has 1 N–H and O–H groups in total. The lowest BCUT2D eigenvalue weighted by Gasteiger charge is -2.09. The van der Waals surface area contributed by atoms with Crippen LogP contribution in [0.3, 0.4) is 0 Å². The van der Waals surface area contributed by atoms with Gasteiger partial charge in [0.1, 0.15) is 11.6 Å². The highest BCUT2D eigenvalue weighted by Crippen LogP contribution is 2.22. The Morgan fingerprint density at radius 1 is 1.17 bits per heavy atom. The van der Waals surface area contributed by atoms with Crippen LogP contribution in [0.15, 0.2) is 63.7 Å². The second-order valence-electron chi connectivity index (χ2n) is 6.29. The van der Waals surface area contributed by atoms with E-state index in [4.69, 9.17) is 4.42 Å². The number of hydrogen-bond donors (Lipinski definition) is 1. The molecule has 4 rings (SSSR count). The molecule has 4 aromatic rings. The van der Waals surface area contributed by atoms with Crippen LogP contribution in [0.25, 0.3) is 0 Å². The summed E-state index contributed by atoms with van der Waals surface area (Å²) in [5.74, 6) is -0.802. The Bertz CT molecular complexity index is 1130. The van der Waals surface area contributed by atoms with Crippen LogP contribution in [-0.2, 0) is 17.8 Å². The standard InChI is InChI=1S/C20H16F2N4O2S2/c21-16-6-5-13(9-17(16)22)23-19(27)12-30-20-25-24-18(10-15-4-2-8-29-15)26(20)11-14-3-1-7-28-14/h1-9H,10-12H2,(H,23,27). The number of benzene rings is 1. The van der Waals surface area contributed by atoms with Gasteiger partial charge in [-0.3, -0.25) is 9.36 Å². The SMILES string of the molecule is O=C(CSc1nnc(Cc2cccs2)n1Cc1ccco1)Nc1ccc(F)c(F)c1. The lowest BCUT2D eigenvalue weighted by Crippen LogP contribution is -2.15. The Labute approximate surface area is 178 Å². The number of aromatic nitrogens is 3. The van der Waals surface area contributed by atoms with Crippen LogP contribution in [0.4, 0.5) is 14.5 Å². The Kier molecular flexibility index (Phi) is 6.24. The van der Waals surface area contributed by atoms with Crippen molar-refractivity contribution >= 4 is 34.7 Å². The Balaban J connectivity index is 1.46. The van der Waals surface area contributed by atoms with E-state index in [-0.39, 0.29) is 17.3 Å². The van der Waals surface area contributed by atoms with E-state index < -0.39 is 11.6 Å². The maximum absolute atomic E-state index is 13.3. The van der Waals surface area contributed by atoms with Crippen molar-refractivity contribution in [2.45, 2.75) is 18.1 Å². The molecule has 0 fully saturated rings. The summed E-state index contributed by atoms with van der Waals surface area (Å²) in [5.41, 5.74) is 0.190. The van der Waals surface area contributed by atoms with Crippen molar-refractivity contribution in [3.05, 3.63) is 82.2 Å². The summed E-state index contributed by atoms with van der Waals surface area (Å²) < 4.78 is 33.7. The largest absolute Gasteiger partial charge is 0.467 e. The fraction of sp³-hybridized carbons (Fsp3) is 0.150. The van der Waals surface area contributed by atoms with E-state index in [0.29, 0.717) is 18.1 Å². The number of thiophene rings is 1. The van der Waals surface area contributed by atoms with Crippen LogP contribution < -0.4 is 5.32 Å². The predicted octanol–water partition coefficient (Wildman–Crippen LogP) is 4.58. The Morgan fingerprint density at radius 3 is 2.80 bits per heavy atom. The molecule has 0 saturated heterocycles. The lowest BCUT2D eigenvalue weighted by molar-refractivity contribution is -0.113. The summed E-state index contributed by atoms with van der Waals surface area (Å²) in [5, 5.41) is 13.6. The highest BCUT2D eigenvalue weighted by Gasteiger charge is 2.17. The molecule has 1 aromatic carbocycles. The first-order valence-corrected chi connectivity index (χ1v) is 10.8. The van der Waals surface area contributed by atoms with Crippen molar-refractivity contribution in [2.75, 3.05) is 11.1 Å². The van der Waals surface area contributed by atoms with Gasteiger partial charge in [0.2, 0.25) is 5.91 Å². The van der Waals surface area contributed by atoms with Crippen molar-refractivity contribution in [3.63, 3.8) is 0 Å². The molecule has 30 heavy (non-hydrogen) atoms. The number of nitrogens with zero attached hydrogens (tertiary/aromatic N) is 3. The normalized spacial score (nSPS) is 11.0. The van der Waals surface area contributed by atoms with Crippen molar-refractivity contribution in [3.8, 4) is 0 Å². The molecule has 0 bridgehead atoms. The van der Waals surface area contributed by atoms with Crippen molar-refractivity contribution in [1.82, 2.24) is 14.8 Å². The number of anilines is 1. The van der Waals surface area contributed by atoms with Crippen LogP contribution in [0.1, 0.15) is 16.5 Å². The maximum Gasteiger partial charge on any atom is 0.234 e. The first-order valence-electron chi connectivity index (χ1n) is 8.93. The summed E-state index contributed by atoms with van der Waals surface area (Å²) >= 11 is 2.84. The van der Waals surface area contributed by atoms with Crippen LogP contribution in [-0.4, -0.2) is 26.4 Å². The van der Waals surface area contributed by atoms with Crippen LogP contribution >= 0.6 is 23.1 Å². The van der Waals surface area contributed by atoms with Gasteiger partial charge in [-0.15, -0.1) is 21.5 Å². The monoisotopic (exact) mass is 446 g/mol. The molecular formula is C20H16F2N4O2S2. The molecule has 0 saturated carbocycles. The minimum atomic E-state index is -1.02. The number of hydrogen-bond acceptors (Lipinski definition) is 6. The number of furan rings is 1. The van der Waals surface area contributed by atoms with Gasteiger partial charge in [-0.05, 0) is 35.7 Å². The van der Waals surface area contributed by atoms with Gasteiger partial charge < -0.3 is 9.73 Å². The fourth-order valence-corrected chi connectivity index (χ4v) is 4.20. The second-order valence-corrected chi connectivity index (χ2v) is 8.26. The lowest BCUT2D eigenvalue weighted by atomic mass is 10.3. The molecule has 0 atom stereocenters. The zero-order valence-corrected chi connectivity index (χ0v) is 17.2. The van der Waals surface area contributed by atoms with Gasteiger partial charge in [0.05, 0.1) is 18.6 Å². The average Bonchev–Trinajstić information content (AvgIpc) is 3.48. The highest BCUT2D eigenvalue weighted by molar-refractivity contribution is 7.99. The van der Waals surface area contributed by atoms with Crippen LogP contribution in [0.5, 0.6) is 0 Å². The smallest absolute Gasteiger partial charge is 0.234 e. The number of thioether (sulfide) groups is 1. The number of carbonyl (C=O) groups excluding carboxylic acids is 1. The minimum absolute atomic E-state index is 0.0360. The van der Waals surface area contributed by atoms with Gasteiger partial charge in [0.15, 0.2) is 16.8 Å². The number of nitrogens with one attached hydrogen (secondary N) is 1. The molecule has 10 heteroatoms. The number of halogens is 2. The minimum Gasteiger partial charge on any atom is -0.467 e. The molecule has 0 aliphatic rings. The third-order valence-electron chi connectivity index (χ3n) is 4.14. The van der Waals surface area contributed by atoms with Crippen molar-refractivity contribution < 1.29 is 18.0 Å². The maximum atomic E-state index is 13.3. The average molecular weight is 447 g/mol. The molecular weight excluding hydrogens is 430 g/mol. The number of rotatable bonds is 8. The Morgan fingerprint density at radius 2 is 2.07 bits per heavy atom. The molecule has 3 aromatic heterocycles. The summed E-state index contributed by atoms with van der Waals surface area (Å²) in [6.45, 7) is 0.438. The molecule has 0 unspecified atom stereocenters. The Hall–Kier alpha value is -2.98. The summed E-state index contributed by atoms with van der Waals surface area (Å²) in [6.07, 6.45) is 2.22. The molecule has 0 aliphatic carbocycles. The predicted molar refractivity (Wildman–Crippen MR) is 111 cm³/mol. The van der Waals surface area contributed by atoms with E-state index >= 15 is 0 Å². The van der Waals surface area contributed by atoms with Gasteiger partial charge in [0, 0.05) is 23.1 Å². The second kappa shape index (κ2) is 9.23. The molecule has 6 nitrogen and oxygen atoms in total. The third kappa shape index (κ3) is 4.95. The zero-order chi connectivity index (χ0) is 20.9. The molecule has 1 amide bonds. The first-order chi connectivity index (χ1) is 14.6. The van der Waals surface area contributed by atoms with E-state index in [1.165, 1.54) is 17.8 Å². The summed E-state index contributed by atoms with van der Waals surface area (Å²) in [6, 6.07) is 10.9. The van der Waals surface area contributed by atoms with Crippen LogP contribution in [0, 0.1) is 11.6 Å². The van der Waals surface area contributed by atoms with Crippen molar-refractivity contribution in [2.24, 2.45) is 0 Å². The zero-order valence-electron chi connectivity index (χ0n) is 15.5. The first kappa shape index (κ1) is 20.3. The van der Waals surface area contributed by atoms with E-state index in [1.54, 1.807) is 23.7 Å². The highest BCUT2D eigenvalue weighted by atomic mass is 32.2. The van der Waals surface area contributed by atoms with E-state index in [0.717, 1.165) is 28.6 Å². The van der Waals surface area contributed by atoms with Crippen LogP contribution in [0.2, 0.25) is 0 Å². The van der Waals surface area contributed by atoms with Gasteiger partial charge in [0.25, 0.3) is 0 Å². The van der Waals surface area contributed by atoms with Gasteiger partial charge >= 0.3 is 0 Å². The van der Waals surface area contributed by atoms with Gasteiger partial charge in [-0.2, -0.15) is 0 Å². The number of carbonyl (C=O) groups is 1. The summed E-state index contributed by atoms with van der Waals surface area (Å²) in [7, 11) is 0. The fourth-order valence-electron chi connectivity index (χ4n) is 2.74. The van der Waals surface area contributed by atoms with Crippen molar-refractivity contribution in [1.29, 1.82) is 0 Å². The molecule has 3 heterocycles. The molecule has 154 valence electrons. The van der Waals surface area contributed by atoms with E-state index in [2.05, 4.69) is 15.5 Å². The van der Waals surface area contributed by atoms with E-state index in [1.807, 2.05) is 28.1 Å². The third-order valence-corrected chi connectivity index (χ3v) is 5.98.